The van der Waals surface area contributed by atoms with E-state index in [1.165, 1.54) is 0 Å². The van der Waals surface area contributed by atoms with Gasteiger partial charge < -0.3 is 19.9 Å². The second-order valence-electron chi connectivity index (χ2n) is 7.59. The molecular formula is C24H31N3O3. The molecule has 1 fully saturated rings. The maximum absolute atomic E-state index is 12.6. The Balaban J connectivity index is 1.47. The Hall–Kier alpha value is -3.02. The molecule has 0 aliphatic carbocycles. The molecule has 1 aliphatic heterocycles. The van der Waals surface area contributed by atoms with Crippen molar-refractivity contribution < 1.29 is 14.3 Å². The summed E-state index contributed by atoms with van der Waals surface area (Å²) < 4.78 is 5.16. The van der Waals surface area contributed by atoms with Crippen LogP contribution in [0.3, 0.4) is 0 Å². The Labute approximate surface area is 178 Å². The number of nitrogens with one attached hydrogen (secondary N) is 1. The van der Waals surface area contributed by atoms with Crippen molar-refractivity contribution in [3.05, 3.63) is 54.1 Å². The van der Waals surface area contributed by atoms with Gasteiger partial charge in [-0.15, -0.1) is 0 Å². The minimum atomic E-state index is 0.0635. The largest absolute Gasteiger partial charge is 0.497 e. The van der Waals surface area contributed by atoms with Crippen LogP contribution in [0.15, 0.2) is 48.5 Å². The molecule has 6 nitrogen and oxygen atoms in total. The molecule has 30 heavy (non-hydrogen) atoms. The summed E-state index contributed by atoms with van der Waals surface area (Å²) in [7, 11) is 1.64. The van der Waals surface area contributed by atoms with Crippen LogP contribution in [0.5, 0.6) is 5.75 Å². The number of carbonyl (C=O) groups excluding carboxylic acids is 2. The maximum Gasteiger partial charge on any atom is 0.227 e. The average Bonchev–Trinajstić information content (AvgIpc) is 2.79. The van der Waals surface area contributed by atoms with Gasteiger partial charge >= 0.3 is 0 Å². The normalized spacial score (nSPS) is 13.8. The highest BCUT2D eigenvalue weighted by atomic mass is 16.5. The van der Waals surface area contributed by atoms with Crippen molar-refractivity contribution in [1.82, 2.24) is 4.90 Å². The van der Waals surface area contributed by atoms with Crippen LogP contribution in [0, 0.1) is 0 Å². The highest BCUT2D eigenvalue weighted by molar-refractivity contribution is 5.90. The summed E-state index contributed by atoms with van der Waals surface area (Å²) in [5, 5.41) is 2.94. The zero-order valence-corrected chi connectivity index (χ0v) is 17.9. The van der Waals surface area contributed by atoms with Crippen LogP contribution in [0.1, 0.15) is 31.7 Å². The lowest BCUT2D eigenvalue weighted by Gasteiger charge is -2.36. The molecule has 1 saturated heterocycles. The molecular weight excluding hydrogens is 378 g/mol. The number of anilines is 2. The first-order valence-corrected chi connectivity index (χ1v) is 10.6. The van der Waals surface area contributed by atoms with Crippen molar-refractivity contribution in [3.8, 4) is 5.75 Å². The van der Waals surface area contributed by atoms with Gasteiger partial charge in [-0.1, -0.05) is 25.5 Å². The molecule has 2 amide bonds. The summed E-state index contributed by atoms with van der Waals surface area (Å²) in [6.45, 7) is 5.11. The van der Waals surface area contributed by atoms with Gasteiger partial charge in [0.25, 0.3) is 0 Å². The SMILES string of the molecule is CCCCC(=O)Nc1ccc(N2CCN(C(=O)Cc3ccc(OC)cc3)CC2)cc1. The van der Waals surface area contributed by atoms with E-state index in [0.717, 1.165) is 48.6 Å². The molecule has 0 aromatic heterocycles. The standard InChI is InChI=1S/C24H31N3O3/c1-3-4-5-23(28)25-20-8-10-21(11-9-20)26-14-16-27(17-15-26)24(29)18-19-6-12-22(30-2)13-7-19/h6-13H,3-5,14-18H2,1-2H3,(H,25,28). The van der Waals surface area contributed by atoms with Crippen LogP contribution in [0.2, 0.25) is 0 Å². The van der Waals surface area contributed by atoms with E-state index in [0.29, 0.717) is 25.9 Å². The van der Waals surface area contributed by atoms with E-state index in [4.69, 9.17) is 4.74 Å². The van der Waals surface area contributed by atoms with Gasteiger partial charge in [0.1, 0.15) is 5.75 Å². The molecule has 0 atom stereocenters. The first kappa shape index (κ1) is 21.7. The zero-order valence-electron chi connectivity index (χ0n) is 17.9. The van der Waals surface area contributed by atoms with Crippen molar-refractivity contribution in [2.45, 2.75) is 32.6 Å². The van der Waals surface area contributed by atoms with E-state index in [-0.39, 0.29) is 11.8 Å². The molecule has 160 valence electrons. The van der Waals surface area contributed by atoms with Crippen molar-refractivity contribution in [2.75, 3.05) is 43.5 Å². The van der Waals surface area contributed by atoms with E-state index < -0.39 is 0 Å². The molecule has 2 aromatic rings. The third kappa shape index (κ3) is 5.99. The van der Waals surface area contributed by atoms with Gasteiger partial charge in [-0.25, -0.2) is 0 Å². The molecule has 1 N–H and O–H groups in total. The van der Waals surface area contributed by atoms with Crippen molar-refractivity contribution in [3.63, 3.8) is 0 Å². The Kier molecular flexibility index (Phi) is 7.71. The lowest BCUT2D eigenvalue weighted by atomic mass is 10.1. The number of benzene rings is 2. The summed E-state index contributed by atoms with van der Waals surface area (Å²) in [5.74, 6) is 1.02. The molecule has 3 rings (SSSR count). The predicted octanol–water partition coefficient (Wildman–Crippen LogP) is 3.72. The molecule has 1 aliphatic rings. The van der Waals surface area contributed by atoms with Gasteiger partial charge in [0.2, 0.25) is 11.8 Å². The summed E-state index contributed by atoms with van der Waals surface area (Å²) in [5.41, 5.74) is 2.94. The number of carbonyl (C=O) groups is 2. The number of hydrogen-bond donors (Lipinski definition) is 1. The number of methoxy groups -OCH3 is 1. The fourth-order valence-corrected chi connectivity index (χ4v) is 3.56. The van der Waals surface area contributed by atoms with Crippen LogP contribution >= 0.6 is 0 Å². The Morgan fingerprint density at radius 2 is 1.63 bits per heavy atom. The summed E-state index contributed by atoms with van der Waals surface area (Å²) >= 11 is 0. The molecule has 2 aromatic carbocycles. The maximum atomic E-state index is 12.6. The molecule has 0 radical (unpaired) electrons. The van der Waals surface area contributed by atoms with Gasteiger partial charge in [-0.05, 0) is 48.4 Å². The fourth-order valence-electron chi connectivity index (χ4n) is 3.56. The van der Waals surface area contributed by atoms with E-state index >= 15 is 0 Å². The Morgan fingerprint density at radius 3 is 2.23 bits per heavy atom. The first-order chi connectivity index (χ1) is 14.6. The van der Waals surface area contributed by atoms with Gasteiger partial charge in [0.05, 0.1) is 13.5 Å². The second-order valence-corrected chi connectivity index (χ2v) is 7.59. The number of piperazine rings is 1. The van der Waals surface area contributed by atoms with Gasteiger partial charge in [-0.2, -0.15) is 0 Å². The number of nitrogens with zero attached hydrogens (tertiary/aromatic N) is 2. The van der Waals surface area contributed by atoms with E-state index in [1.807, 2.05) is 53.4 Å². The van der Waals surface area contributed by atoms with Crippen molar-refractivity contribution in [2.24, 2.45) is 0 Å². The highest BCUT2D eigenvalue weighted by Gasteiger charge is 2.21. The minimum absolute atomic E-state index is 0.0635. The summed E-state index contributed by atoms with van der Waals surface area (Å²) in [6.07, 6.45) is 2.90. The van der Waals surface area contributed by atoms with Crippen LogP contribution in [-0.2, 0) is 16.0 Å². The Morgan fingerprint density at radius 1 is 0.967 bits per heavy atom. The summed E-state index contributed by atoms with van der Waals surface area (Å²) in [4.78, 5) is 28.7. The monoisotopic (exact) mass is 409 g/mol. The minimum Gasteiger partial charge on any atom is -0.497 e. The first-order valence-electron chi connectivity index (χ1n) is 10.6. The topological polar surface area (TPSA) is 61.9 Å². The van der Waals surface area contributed by atoms with Gasteiger partial charge in [0, 0.05) is 44.0 Å². The van der Waals surface area contributed by atoms with Crippen LogP contribution in [-0.4, -0.2) is 50.0 Å². The molecule has 1 heterocycles. The second kappa shape index (κ2) is 10.7. The smallest absolute Gasteiger partial charge is 0.227 e. The average molecular weight is 410 g/mol. The number of ether oxygens (including phenoxy) is 1. The van der Waals surface area contributed by atoms with E-state index in [1.54, 1.807) is 7.11 Å². The quantitative estimate of drug-likeness (QED) is 0.722. The highest BCUT2D eigenvalue weighted by Crippen LogP contribution is 2.20. The number of hydrogen-bond acceptors (Lipinski definition) is 4. The predicted molar refractivity (Wildman–Crippen MR) is 120 cm³/mol. The molecule has 6 heteroatoms. The lowest BCUT2D eigenvalue weighted by molar-refractivity contribution is -0.130. The lowest BCUT2D eigenvalue weighted by Crippen LogP contribution is -2.49. The third-order valence-electron chi connectivity index (χ3n) is 5.42. The van der Waals surface area contributed by atoms with Crippen molar-refractivity contribution >= 4 is 23.2 Å². The van der Waals surface area contributed by atoms with Gasteiger partial charge in [-0.3, -0.25) is 9.59 Å². The molecule has 0 spiro atoms. The van der Waals surface area contributed by atoms with Crippen LogP contribution < -0.4 is 15.0 Å². The fraction of sp³-hybridized carbons (Fsp3) is 0.417. The molecule has 0 unspecified atom stereocenters. The third-order valence-corrected chi connectivity index (χ3v) is 5.42. The number of amides is 2. The van der Waals surface area contributed by atoms with E-state index in [2.05, 4.69) is 17.1 Å². The summed E-state index contributed by atoms with van der Waals surface area (Å²) in [6, 6.07) is 15.6. The zero-order chi connectivity index (χ0) is 21.3. The number of rotatable bonds is 8. The van der Waals surface area contributed by atoms with Crippen molar-refractivity contribution in [1.29, 1.82) is 0 Å². The van der Waals surface area contributed by atoms with Crippen LogP contribution in [0.4, 0.5) is 11.4 Å². The van der Waals surface area contributed by atoms with E-state index in [9.17, 15) is 9.59 Å². The van der Waals surface area contributed by atoms with Gasteiger partial charge in [0.15, 0.2) is 0 Å². The van der Waals surface area contributed by atoms with Crippen LogP contribution in [0.25, 0.3) is 0 Å². The molecule has 0 bridgehead atoms. The number of unbranched alkanes of at least 4 members (excludes halogenated alkanes) is 1. The molecule has 0 saturated carbocycles. The Bertz CT molecular complexity index is 826.